The summed E-state index contributed by atoms with van der Waals surface area (Å²) in [6, 6.07) is 27.2. The molecule has 0 N–H and O–H groups in total. The molecule has 3 heteroatoms. The van der Waals surface area contributed by atoms with Crippen molar-refractivity contribution in [3.05, 3.63) is 102 Å². The first-order valence-corrected chi connectivity index (χ1v) is 8.25. The van der Waals surface area contributed by atoms with E-state index in [2.05, 4.69) is 0 Å². The largest absolute Gasteiger partial charge is 0.489 e. The Morgan fingerprint density at radius 1 is 0.640 bits per heavy atom. The minimum Gasteiger partial charge on any atom is -0.489 e. The molecule has 0 aromatic heterocycles. The normalized spacial score (nSPS) is 10.2. The maximum atomic E-state index is 11.9. The lowest BCUT2D eigenvalue weighted by atomic mass is 10.1. The number of ether oxygens (including phenoxy) is 2. The second-order valence-electron chi connectivity index (χ2n) is 5.74. The lowest BCUT2D eigenvalue weighted by Gasteiger charge is -2.08. The first-order chi connectivity index (χ1) is 12.3. The lowest BCUT2D eigenvalue weighted by Crippen LogP contribution is -2.08. The Balaban J connectivity index is 1.46. The Morgan fingerprint density at radius 2 is 1.20 bits per heavy atom. The second kappa shape index (κ2) is 8.69. The number of esters is 1. The molecule has 0 atom stereocenters. The van der Waals surface area contributed by atoms with E-state index in [-0.39, 0.29) is 12.4 Å². The van der Waals surface area contributed by atoms with Crippen molar-refractivity contribution < 1.29 is 14.3 Å². The van der Waals surface area contributed by atoms with Crippen LogP contribution in [0.2, 0.25) is 0 Å². The van der Waals surface area contributed by atoms with Gasteiger partial charge in [-0.15, -0.1) is 0 Å². The van der Waals surface area contributed by atoms with Crippen LogP contribution in [0, 0.1) is 0 Å². The molecule has 25 heavy (non-hydrogen) atoms. The molecule has 126 valence electrons. The van der Waals surface area contributed by atoms with Crippen molar-refractivity contribution in [2.75, 3.05) is 0 Å². The van der Waals surface area contributed by atoms with Crippen LogP contribution in [0.4, 0.5) is 0 Å². The standard InChI is InChI=1S/C22H20O3/c23-22(25-17-20-9-5-2-6-10-20)15-18-11-13-21(14-12-18)24-16-19-7-3-1-4-8-19/h1-14H,15-17H2. The summed E-state index contributed by atoms with van der Waals surface area (Å²) in [5, 5.41) is 0. The number of hydrogen-bond acceptors (Lipinski definition) is 3. The lowest BCUT2D eigenvalue weighted by molar-refractivity contribution is -0.144. The van der Waals surface area contributed by atoms with Crippen LogP contribution in [-0.4, -0.2) is 5.97 Å². The summed E-state index contributed by atoms with van der Waals surface area (Å²) in [4.78, 5) is 11.9. The molecule has 0 aliphatic carbocycles. The highest BCUT2D eigenvalue weighted by atomic mass is 16.5. The van der Waals surface area contributed by atoms with Crippen molar-refractivity contribution in [1.82, 2.24) is 0 Å². The van der Waals surface area contributed by atoms with Gasteiger partial charge in [0.2, 0.25) is 0 Å². The van der Waals surface area contributed by atoms with Gasteiger partial charge in [-0.05, 0) is 28.8 Å². The SMILES string of the molecule is O=C(Cc1ccc(OCc2ccccc2)cc1)OCc1ccccc1. The summed E-state index contributed by atoms with van der Waals surface area (Å²) in [5.74, 6) is 0.548. The predicted octanol–water partition coefficient (Wildman–Crippen LogP) is 4.55. The van der Waals surface area contributed by atoms with Crippen LogP contribution in [0.1, 0.15) is 16.7 Å². The third-order valence-electron chi connectivity index (χ3n) is 3.76. The Morgan fingerprint density at radius 3 is 1.80 bits per heavy atom. The van der Waals surface area contributed by atoms with Gasteiger partial charge in [0.25, 0.3) is 0 Å². The average molecular weight is 332 g/mol. The van der Waals surface area contributed by atoms with E-state index < -0.39 is 0 Å². The molecular formula is C22H20O3. The molecule has 0 spiro atoms. The second-order valence-corrected chi connectivity index (χ2v) is 5.74. The van der Waals surface area contributed by atoms with E-state index in [1.807, 2.05) is 84.9 Å². The number of rotatable bonds is 7. The molecule has 0 bridgehead atoms. The zero-order valence-corrected chi connectivity index (χ0v) is 13.9. The van der Waals surface area contributed by atoms with Crippen LogP contribution in [0.5, 0.6) is 5.75 Å². The van der Waals surface area contributed by atoms with Crippen LogP contribution >= 0.6 is 0 Å². The quantitative estimate of drug-likeness (QED) is 0.595. The van der Waals surface area contributed by atoms with Crippen molar-refractivity contribution in [2.24, 2.45) is 0 Å². The van der Waals surface area contributed by atoms with E-state index in [1.54, 1.807) is 0 Å². The van der Waals surface area contributed by atoms with Gasteiger partial charge in [-0.1, -0.05) is 72.8 Å². The Kier molecular flexibility index (Phi) is 5.83. The minimum atomic E-state index is -0.234. The third kappa shape index (κ3) is 5.50. The molecule has 0 saturated carbocycles. The van der Waals surface area contributed by atoms with Gasteiger partial charge >= 0.3 is 5.97 Å². The van der Waals surface area contributed by atoms with Crippen LogP contribution in [0.15, 0.2) is 84.9 Å². The van der Waals surface area contributed by atoms with Crippen molar-refractivity contribution in [2.45, 2.75) is 19.6 Å². The van der Waals surface area contributed by atoms with E-state index in [9.17, 15) is 4.79 Å². The molecule has 3 aromatic rings. The van der Waals surface area contributed by atoms with E-state index in [1.165, 1.54) is 0 Å². The highest BCUT2D eigenvalue weighted by Gasteiger charge is 2.06. The van der Waals surface area contributed by atoms with Gasteiger partial charge in [-0.25, -0.2) is 0 Å². The third-order valence-corrected chi connectivity index (χ3v) is 3.76. The van der Waals surface area contributed by atoms with Crippen LogP contribution in [0.25, 0.3) is 0 Å². The van der Waals surface area contributed by atoms with Gasteiger partial charge < -0.3 is 9.47 Å². The maximum absolute atomic E-state index is 11.9. The summed E-state index contributed by atoms with van der Waals surface area (Å²) in [5.41, 5.74) is 3.02. The summed E-state index contributed by atoms with van der Waals surface area (Å²) in [7, 11) is 0. The van der Waals surface area contributed by atoms with Gasteiger partial charge in [0.1, 0.15) is 19.0 Å². The highest BCUT2D eigenvalue weighted by Crippen LogP contribution is 2.15. The molecule has 0 aliphatic rings. The Labute approximate surface area is 147 Å². The number of carbonyl (C=O) groups excluding carboxylic acids is 1. The molecule has 3 rings (SSSR count). The summed E-state index contributed by atoms with van der Waals surface area (Å²) in [6.07, 6.45) is 0.256. The Hall–Kier alpha value is -3.07. The molecule has 3 nitrogen and oxygen atoms in total. The molecule has 0 amide bonds. The zero-order chi connectivity index (χ0) is 17.3. The fourth-order valence-corrected chi connectivity index (χ4v) is 2.40. The first kappa shape index (κ1) is 16.8. The van der Waals surface area contributed by atoms with Crippen molar-refractivity contribution in [3.63, 3.8) is 0 Å². The molecule has 0 heterocycles. The van der Waals surface area contributed by atoms with Gasteiger partial charge in [0, 0.05) is 0 Å². The van der Waals surface area contributed by atoms with E-state index in [0.29, 0.717) is 13.2 Å². The number of hydrogen-bond donors (Lipinski definition) is 0. The van der Waals surface area contributed by atoms with Gasteiger partial charge in [0.05, 0.1) is 6.42 Å². The number of carbonyl (C=O) groups is 1. The monoisotopic (exact) mass is 332 g/mol. The van der Waals surface area contributed by atoms with E-state index in [0.717, 1.165) is 22.4 Å². The van der Waals surface area contributed by atoms with Crippen molar-refractivity contribution >= 4 is 5.97 Å². The highest BCUT2D eigenvalue weighted by molar-refractivity contribution is 5.72. The van der Waals surface area contributed by atoms with Crippen LogP contribution in [0.3, 0.4) is 0 Å². The van der Waals surface area contributed by atoms with Crippen LogP contribution < -0.4 is 4.74 Å². The fraction of sp³-hybridized carbons (Fsp3) is 0.136. The average Bonchev–Trinajstić information content (AvgIpc) is 2.67. The Bertz CT molecular complexity index is 781. The molecule has 0 radical (unpaired) electrons. The molecule has 0 aliphatic heterocycles. The molecule has 0 fully saturated rings. The van der Waals surface area contributed by atoms with E-state index >= 15 is 0 Å². The predicted molar refractivity (Wildman–Crippen MR) is 97.2 cm³/mol. The first-order valence-electron chi connectivity index (χ1n) is 8.25. The molecule has 0 unspecified atom stereocenters. The van der Waals surface area contributed by atoms with Gasteiger partial charge in [-0.2, -0.15) is 0 Å². The van der Waals surface area contributed by atoms with Crippen molar-refractivity contribution in [1.29, 1.82) is 0 Å². The van der Waals surface area contributed by atoms with Gasteiger partial charge in [0.15, 0.2) is 0 Å². The van der Waals surface area contributed by atoms with Gasteiger partial charge in [-0.3, -0.25) is 4.79 Å². The summed E-state index contributed by atoms with van der Waals surface area (Å²) >= 11 is 0. The molecule has 3 aromatic carbocycles. The smallest absolute Gasteiger partial charge is 0.310 e. The topological polar surface area (TPSA) is 35.5 Å². The summed E-state index contributed by atoms with van der Waals surface area (Å²) in [6.45, 7) is 0.831. The molecule has 0 saturated heterocycles. The minimum absolute atomic E-state index is 0.234. The summed E-state index contributed by atoms with van der Waals surface area (Å²) < 4.78 is 11.0. The maximum Gasteiger partial charge on any atom is 0.310 e. The zero-order valence-electron chi connectivity index (χ0n) is 13.9. The number of benzene rings is 3. The van der Waals surface area contributed by atoms with Crippen molar-refractivity contribution in [3.8, 4) is 5.75 Å². The van der Waals surface area contributed by atoms with Crippen LogP contribution in [-0.2, 0) is 29.2 Å². The molecular weight excluding hydrogens is 312 g/mol. The fourth-order valence-electron chi connectivity index (χ4n) is 2.40. The van der Waals surface area contributed by atoms with E-state index in [4.69, 9.17) is 9.47 Å².